The van der Waals surface area contributed by atoms with Crippen LogP contribution in [0, 0.1) is 14.9 Å². The van der Waals surface area contributed by atoms with Crippen LogP contribution in [0.15, 0.2) is 77.3 Å². The highest BCUT2D eigenvalue weighted by atomic mass is 127. The lowest BCUT2D eigenvalue weighted by atomic mass is 9.86. The van der Waals surface area contributed by atoms with Crippen molar-refractivity contribution in [3.8, 4) is 0 Å². The molecule has 0 fully saturated rings. The maximum Gasteiger partial charge on any atom is 0.261 e. The van der Waals surface area contributed by atoms with Gasteiger partial charge in [0, 0.05) is 17.5 Å². The Morgan fingerprint density at radius 2 is 1.43 bits per heavy atom. The maximum absolute atomic E-state index is 15.1. The largest absolute Gasteiger partial charge is 0.407 e. The number of fused-ring (bicyclic) bond motifs is 1. The molecule has 0 atom stereocenters. The lowest BCUT2D eigenvalue weighted by Gasteiger charge is -2.44. The predicted octanol–water partition coefficient (Wildman–Crippen LogP) is 7.82. The van der Waals surface area contributed by atoms with Gasteiger partial charge in [-0.05, 0) is 83.5 Å². The van der Waals surface area contributed by atoms with Crippen molar-refractivity contribution in [2.75, 3.05) is 6.61 Å². The number of H-pyrrole nitrogens is 1. The molecule has 3 aromatic carbocycles. The highest BCUT2D eigenvalue weighted by Gasteiger charge is 2.50. The van der Waals surface area contributed by atoms with Crippen LogP contribution >= 0.6 is 38.5 Å². The van der Waals surface area contributed by atoms with E-state index in [1.807, 2.05) is 6.07 Å². The van der Waals surface area contributed by atoms with Gasteiger partial charge in [0.05, 0.1) is 8.17 Å². The third kappa shape index (κ3) is 5.17. The minimum Gasteiger partial charge on any atom is -0.407 e. The monoisotopic (exact) mass is 663 g/mol. The van der Waals surface area contributed by atoms with Gasteiger partial charge in [-0.1, -0.05) is 95.3 Å². The van der Waals surface area contributed by atoms with Crippen molar-refractivity contribution in [2.24, 2.45) is 5.41 Å². The minimum atomic E-state index is -2.64. The average molecular weight is 664 g/mol. The van der Waals surface area contributed by atoms with E-state index in [9.17, 15) is 0 Å². The molecule has 6 heteroatoms. The van der Waals surface area contributed by atoms with Crippen LogP contribution in [0.4, 0.5) is 4.39 Å². The highest BCUT2D eigenvalue weighted by Crippen LogP contribution is 2.39. The summed E-state index contributed by atoms with van der Waals surface area (Å²) in [5.41, 5.74) is 1.63. The van der Waals surface area contributed by atoms with E-state index in [-0.39, 0.29) is 16.3 Å². The van der Waals surface area contributed by atoms with Crippen molar-refractivity contribution < 1.29 is 8.82 Å². The number of aromatic nitrogens is 1. The highest BCUT2D eigenvalue weighted by molar-refractivity contribution is 14.1. The van der Waals surface area contributed by atoms with Crippen LogP contribution < -0.4 is 10.4 Å². The van der Waals surface area contributed by atoms with Crippen LogP contribution in [-0.4, -0.2) is 19.9 Å². The van der Waals surface area contributed by atoms with E-state index in [2.05, 4.69) is 139 Å². The summed E-state index contributed by atoms with van der Waals surface area (Å²) in [6, 6.07) is 25.1. The fourth-order valence-corrected chi connectivity index (χ4v) is 10.9. The van der Waals surface area contributed by atoms with Gasteiger partial charge >= 0.3 is 0 Å². The summed E-state index contributed by atoms with van der Waals surface area (Å²) in [5, 5.41) is 3.12. The van der Waals surface area contributed by atoms with E-state index < -0.39 is 8.32 Å². The zero-order valence-corrected chi connectivity index (χ0v) is 25.6. The first-order valence-corrected chi connectivity index (χ1v) is 15.6. The molecule has 0 aliphatic heterocycles. The zero-order valence-electron chi connectivity index (χ0n) is 20.9. The smallest absolute Gasteiger partial charge is 0.261 e. The van der Waals surface area contributed by atoms with Crippen molar-refractivity contribution in [2.45, 2.75) is 46.1 Å². The molecule has 0 bridgehead atoms. The minimum absolute atomic E-state index is 0.0854. The van der Waals surface area contributed by atoms with E-state index in [4.69, 9.17) is 4.43 Å². The van der Waals surface area contributed by atoms with Crippen LogP contribution in [0.25, 0.3) is 10.9 Å². The quantitative estimate of drug-likeness (QED) is 0.158. The van der Waals surface area contributed by atoms with Gasteiger partial charge < -0.3 is 9.41 Å². The molecular weight excluding hydrogens is 632 g/mol. The third-order valence-electron chi connectivity index (χ3n) is 6.66. The molecule has 1 heterocycles. The van der Waals surface area contributed by atoms with Crippen molar-refractivity contribution in [3.05, 3.63) is 92.4 Å². The van der Waals surface area contributed by atoms with Gasteiger partial charge in [-0.15, -0.1) is 0 Å². The zero-order chi connectivity index (χ0) is 25.4. The molecular formula is C29H32BrFINOSi. The lowest BCUT2D eigenvalue weighted by Crippen LogP contribution is -2.67. The summed E-state index contributed by atoms with van der Waals surface area (Å²) in [6.45, 7) is 11.9. The summed E-state index contributed by atoms with van der Waals surface area (Å²) in [5.74, 6) is -0.208. The fraction of sp³-hybridized carbons (Fsp3) is 0.310. The Morgan fingerprint density at radius 3 is 1.94 bits per heavy atom. The normalized spacial score (nSPS) is 12.9. The van der Waals surface area contributed by atoms with E-state index >= 15 is 4.39 Å². The van der Waals surface area contributed by atoms with Gasteiger partial charge in [0.2, 0.25) is 0 Å². The summed E-state index contributed by atoms with van der Waals surface area (Å²) >= 11 is 5.65. The molecule has 0 spiro atoms. The number of hydrogen-bond acceptors (Lipinski definition) is 1. The molecule has 35 heavy (non-hydrogen) atoms. The van der Waals surface area contributed by atoms with Crippen molar-refractivity contribution in [3.63, 3.8) is 0 Å². The second-order valence-electron chi connectivity index (χ2n) is 11.0. The Kier molecular flexibility index (Phi) is 7.68. The summed E-state index contributed by atoms with van der Waals surface area (Å²) < 4.78 is 23.8. The van der Waals surface area contributed by atoms with E-state index in [1.54, 1.807) is 6.07 Å². The fourth-order valence-electron chi connectivity index (χ4n) is 5.01. The predicted molar refractivity (Wildman–Crippen MR) is 160 cm³/mol. The molecule has 0 aliphatic rings. The summed E-state index contributed by atoms with van der Waals surface area (Å²) in [6.07, 6.45) is 0.705. The molecule has 184 valence electrons. The average Bonchev–Trinajstić information content (AvgIpc) is 3.12. The Morgan fingerprint density at radius 1 is 0.886 bits per heavy atom. The molecule has 0 saturated heterocycles. The Hall–Kier alpha value is -1.48. The van der Waals surface area contributed by atoms with Crippen LogP contribution in [-0.2, 0) is 10.8 Å². The van der Waals surface area contributed by atoms with Crippen molar-refractivity contribution in [1.29, 1.82) is 0 Å². The van der Waals surface area contributed by atoms with Gasteiger partial charge in [-0.25, -0.2) is 4.39 Å². The number of nitrogens with one attached hydrogen (secondary N) is 1. The first-order valence-electron chi connectivity index (χ1n) is 11.9. The first kappa shape index (κ1) is 26.6. The number of rotatable bonds is 7. The Balaban J connectivity index is 1.74. The van der Waals surface area contributed by atoms with Gasteiger partial charge in [0.15, 0.2) is 0 Å². The number of halogens is 3. The molecule has 2 nitrogen and oxygen atoms in total. The SMILES string of the molecule is CC(C)(CO[Si](c1ccccc1)(c1ccccc1)C(C)(C)C)Cc1c(I)[nH]c2ccc(Br)c(F)c12. The molecule has 1 aromatic heterocycles. The standard InChI is InChI=1S/C29H32BrFINOSi/c1-28(2,3)35(20-12-8-6-9-13-20,21-14-10-7-11-15-21)34-19-29(4,5)18-22-25-24(33-27(22)32)17-16-23(30)26(25)31/h6-17,33H,18-19H2,1-5H3. The Bertz CT molecular complexity index is 1280. The lowest BCUT2D eigenvalue weighted by molar-refractivity contribution is 0.169. The second kappa shape index (κ2) is 10.1. The Labute approximate surface area is 231 Å². The first-order chi connectivity index (χ1) is 16.5. The van der Waals surface area contributed by atoms with Gasteiger partial charge in [0.1, 0.15) is 5.82 Å². The molecule has 0 amide bonds. The number of hydrogen-bond donors (Lipinski definition) is 1. The maximum atomic E-state index is 15.1. The number of aromatic amines is 1. The molecule has 4 rings (SSSR count). The van der Waals surface area contributed by atoms with Gasteiger partial charge in [-0.3, -0.25) is 0 Å². The number of benzene rings is 3. The summed E-state index contributed by atoms with van der Waals surface area (Å²) in [4.78, 5) is 3.36. The van der Waals surface area contributed by atoms with Crippen molar-refractivity contribution >= 4 is 68.1 Å². The molecule has 0 radical (unpaired) electrons. The summed E-state index contributed by atoms with van der Waals surface area (Å²) in [7, 11) is -2.64. The third-order valence-corrected chi connectivity index (χ3v) is 13.2. The van der Waals surface area contributed by atoms with Crippen LogP contribution in [0.1, 0.15) is 40.2 Å². The van der Waals surface area contributed by atoms with Gasteiger partial charge in [0.25, 0.3) is 8.32 Å². The molecule has 4 aromatic rings. The van der Waals surface area contributed by atoms with E-state index in [0.717, 1.165) is 14.8 Å². The molecule has 1 N–H and O–H groups in total. The van der Waals surface area contributed by atoms with Gasteiger partial charge in [-0.2, -0.15) is 0 Å². The van der Waals surface area contributed by atoms with Crippen LogP contribution in [0.3, 0.4) is 0 Å². The van der Waals surface area contributed by atoms with Crippen molar-refractivity contribution in [1.82, 2.24) is 4.98 Å². The molecule has 0 aliphatic carbocycles. The topological polar surface area (TPSA) is 25.0 Å². The van der Waals surface area contributed by atoms with E-state index in [0.29, 0.717) is 22.9 Å². The van der Waals surface area contributed by atoms with Crippen LogP contribution in [0.2, 0.25) is 5.04 Å². The van der Waals surface area contributed by atoms with Crippen LogP contribution in [0.5, 0.6) is 0 Å². The van der Waals surface area contributed by atoms with E-state index in [1.165, 1.54) is 10.4 Å². The molecule has 0 saturated carbocycles. The molecule has 0 unspecified atom stereocenters. The second-order valence-corrected chi connectivity index (χ2v) is 17.2.